The standard InChI is InChI=1S/C15H27N3O3/c1-7-15(8-2)12(19)16-14(21)18(13(15)20)11(10(3)4)9-17(5)6/h10-11H,7-9H2,1-6H3,(H,16,19,21). The van der Waals surface area contributed by atoms with Gasteiger partial charge in [-0.15, -0.1) is 0 Å². The van der Waals surface area contributed by atoms with E-state index in [0.29, 0.717) is 19.4 Å². The largest absolute Gasteiger partial charge is 0.331 e. The first-order valence-corrected chi connectivity index (χ1v) is 7.55. The number of nitrogens with one attached hydrogen (secondary N) is 1. The van der Waals surface area contributed by atoms with Gasteiger partial charge in [-0.25, -0.2) is 4.79 Å². The molecule has 21 heavy (non-hydrogen) atoms. The molecule has 1 saturated heterocycles. The Kier molecular flexibility index (Phi) is 5.50. The fraction of sp³-hybridized carbons (Fsp3) is 0.800. The summed E-state index contributed by atoms with van der Waals surface area (Å²) in [4.78, 5) is 40.5. The Morgan fingerprint density at radius 1 is 1.14 bits per heavy atom. The third-order valence-electron chi connectivity index (χ3n) is 4.36. The Bertz CT molecular complexity index is 428. The highest BCUT2D eigenvalue weighted by Gasteiger charge is 2.53. The molecule has 0 spiro atoms. The molecule has 6 heteroatoms. The van der Waals surface area contributed by atoms with Crippen LogP contribution in [-0.4, -0.2) is 54.3 Å². The summed E-state index contributed by atoms with van der Waals surface area (Å²) < 4.78 is 0. The van der Waals surface area contributed by atoms with E-state index in [1.165, 1.54) is 4.90 Å². The van der Waals surface area contributed by atoms with Crippen molar-refractivity contribution in [1.29, 1.82) is 0 Å². The van der Waals surface area contributed by atoms with Crippen LogP contribution in [0.5, 0.6) is 0 Å². The lowest BCUT2D eigenvalue weighted by atomic mass is 9.78. The molecule has 1 aliphatic heterocycles. The van der Waals surface area contributed by atoms with Crippen LogP contribution < -0.4 is 5.32 Å². The average Bonchev–Trinajstić information content (AvgIpc) is 2.38. The molecular formula is C15H27N3O3. The van der Waals surface area contributed by atoms with Crippen molar-refractivity contribution in [1.82, 2.24) is 15.1 Å². The van der Waals surface area contributed by atoms with Crippen LogP contribution in [0.2, 0.25) is 0 Å². The molecular weight excluding hydrogens is 270 g/mol. The first-order valence-electron chi connectivity index (χ1n) is 7.55. The topological polar surface area (TPSA) is 69.7 Å². The number of likely N-dealkylation sites (N-methyl/N-ethyl adjacent to an activating group) is 1. The molecule has 0 aromatic rings. The zero-order chi connectivity index (χ0) is 16.4. The van der Waals surface area contributed by atoms with Crippen LogP contribution in [0.25, 0.3) is 0 Å². The Morgan fingerprint density at radius 2 is 1.67 bits per heavy atom. The molecule has 0 saturated carbocycles. The van der Waals surface area contributed by atoms with E-state index >= 15 is 0 Å². The summed E-state index contributed by atoms with van der Waals surface area (Å²) in [5.74, 6) is -0.713. The zero-order valence-corrected chi connectivity index (χ0v) is 13.9. The monoisotopic (exact) mass is 297 g/mol. The third-order valence-corrected chi connectivity index (χ3v) is 4.36. The van der Waals surface area contributed by atoms with Crippen LogP contribution in [0.15, 0.2) is 0 Å². The summed E-state index contributed by atoms with van der Waals surface area (Å²) in [6.45, 7) is 8.15. The fourth-order valence-electron chi connectivity index (χ4n) is 2.84. The second-order valence-corrected chi connectivity index (χ2v) is 6.30. The van der Waals surface area contributed by atoms with Gasteiger partial charge in [0, 0.05) is 6.54 Å². The van der Waals surface area contributed by atoms with Gasteiger partial charge < -0.3 is 4.90 Å². The maximum absolute atomic E-state index is 12.9. The minimum absolute atomic E-state index is 0.113. The van der Waals surface area contributed by atoms with Crippen LogP contribution in [0, 0.1) is 11.3 Å². The van der Waals surface area contributed by atoms with E-state index in [1.54, 1.807) is 0 Å². The molecule has 120 valence electrons. The summed E-state index contributed by atoms with van der Waals surface area (Å²) in [5, 5.41) is 2.37. The van der Waals surface area contributed by atoms with Gasteiger partial charge in [0.2, 0.25) is 11.8 Å². The van der Waals surface area contributed by atoms with Crippen molar-refractivity contribution in [3.05, 3.63) is 0 Å². The van der Waals surface area contributed by atoms with Crippen molar-refractivity contribution in [3.8, 4) is 0 Å². The number of carbonyl (C=O) groups excluding carboxylic acids is 3. The van der Waals surface area contributed by atoms with Crippen molar-refractivity contribution in [3.63, 3.8) is 0 Å². The number of amides is 4. The molecule has 1 heterocycles. The summed E-state index contributed by atoms with van der Waals surface area (Å²) in [5.41, 5.74) is -1.12. The van der Waals surface area contributed by atoms with Crippen LogP contribution >= 0.6 is 0 Å². The van der Waals surface area contributed by atoms with E-state index < -0.39 is 17.4 Å². The minimum atomic E-state index is -1.12. The van der Waals surface area contributed by atoms with Gasteiger partial charge in [0.25, 0.3) is 0 Å². The molecule has 0 aromatic heterocycles. The summed E-state index contributed by atoms with van der Waals surface area (Å²) in [6, 6.07) is -0.846. The molecule has 0 radical (unpaired) electrons. The lowest BCUT2D eigenvalue weighted by Gasteiger charge is -2.43. The highest BCUT2D eigenvalue weighted by Crippen LogP contribution is 2.34. The quantitative estimate of drug-likeness (QED) is 0.754. The smallest absolute Gasteiger partial charge is 0.307 e. The van der Waals surface area contributed by atoms with Crippen molar-refractivity contribution >= 4 is 17.8 Å². The van der Waals surface area contributed by atoms with E-state index in [4.69, 9.17) is 0 Å². The van der Waals surface area contributed by atoms with Crippen molar-refractivity contribution < 1.29 is 14.4 Å². The number of urea groups is 1. The van der Waals surface area contributed by atoms with Crippen molar-refractivity contribution in [2.75, 3.05) is 20.6 Å². The fourth-order valence-corrected chi connectivity index (χ4v) is 2.84. The first kappa shape index (κ1) is 17.6. The van der Waals surface area contributed by atoms with Crippen LogP contribution in [0.4, 0.5) is 4.79 Å². The molecule has 1 fully saturated rings. The van der Waals surface area contributed by atoms with E-state index in [0.717, 1.165) is 0 Å². The van der Waals surface area contributed by atoms with E-state index in [9.17, 15) is 14.4 Å². The molecule has 4 amide bonds. The molecule has 0 aliphatic carbocycles. The minimum Gasteiger partial charge on any atom is -0.307 e. The summed E-state index contributed by atoms with van der Waals surface area (Å²) in [7, 11) is 3.81. The number of nitrogens with zero attached hydrogens (tertiary/aromatic N) is 2. The van der Waals surface area contributed by atoms with Crippen molar-refractivity contribution in [2.45, 2.75) is 46.6 Å². The van der Waals surface area contributed by atoms with Gasteiger partial charge in [-0.05, 0) is 32.9 Å². The third kappa shape index (κ3) is 3.10. The number of hydrogen-bond acceptors (Lipinski definition) is 4. The van der Waals surface area contributed by atoms with Gasteiger partial charge >= 0.3 is 6.03 Å². The predicted molar refractivity (Wildman–Crippen MR) is 80.6 cm³/mol. The average molecular weight is 297 g/mol. The SMILES string of the molecule is CCC1(CC)C(=O)NC(=O)N(C(CN(C)C)C(C)C)C1=O. The maximum Gasteiger partial charge on any atom is 0.331 e. The highest BCUT2D eigenvalue weighted by molar-refractivity contribution is 6.19. The first-order chi connectivity index (χ1) is 9.71. The molecule has 1 unspecified atom stereocenters. The molecule has 0 aromatic carbocycles. The molecule has 0 bridgehead atoms. The highest BCUT2D eigenvalue weighted by atomic mass is 16.2. The Labute approximate surface area is 126 Å². The molecule has 1 rings (SSSR count). The number of rotatable bonds is 6. The Balaban J connectivity index is 3.22. The molecule has 1 aliphatic rings. The van der Waals surface area contributed by atoms with Crippen molar-refractivity contribution in [2.24, 2.45) is 11.3 Å². The van der Waals surface area contributed by atoms with Gasteiger partial charge in [-0.3, -0.25) is 19.8 Å². The van der Waals surface area contributed by atoms with Crippen LogP contribution in [-0.2, 0) is 9.59 Å². The zero-order valence-electron chi connectivity index (χ0n) is 13.9. The Hall–Kier alpha value is -1.43. The summed E-state index contributed by atoms with van der Waals surface area (Å²) >= 11 is 0. The summed E-state index contributed by atoms with van der Waals surface area (Å²) in [6.07, 6.45) is 0.787. The van der Waals surface area contributed by atoms with E-state index in [-0.39, 0.29) is 17.9 Å². The predicted octanol–water partition coefficient (Wildman–Crippen LogP) is 1.46. The van der Waals surface area contributed by atoms with Gasteiger partial charge in [0.1, 0.15) is 5.41 Å². The maximum atomic E-state index is 12.9. The number of hydrogen-bond donors (Lipinski definition) is 1. The molecule has 6 nitrogen and oxygen atoms in total. The van der Waals surface area contributed by atoms with Crippen LogP contribution in [0.1, 0.15) is 40.5 Å². The molecule has 1 atom stereocenters. The molecule has 1 N–H and O–H groups in total. The Morgan fingerprint density at radius 3 is 2.05 bits per heavy atom. The second-order valence-electron chi connectivity index (χ2n) is 6.30. The van der Waals surface area contributed by atoms with E-state index in [2.05, 4.69) is 5.32 Å². The van der Waals surface area contributed by atoms with Gasteiger partial charge in [-0.1, -0.05) is 27.7 Å². The van der Waals surface area contributed by atoms with Gasteiger partial charge in [-0.2, -0.15) is 0 Å². The van der Waals surface area contributed by atoms with Gasteiger partial charge in [0.15, 0.2) is 0 Å². The lowest BCUT2D eigenvalue weighted by molar-refractivity contribution is -0.154. The van der Waals surface area contributed by atoms with Crippen LogP contribution in [0.3, 0.4) is 0 Å². The number of carbonyl (C=O) groups is 3. The normalized spacial score (nSPS) is 20.2. The second kappa shape index (κ2) is 6.56. The number of imide groups is 2. The van der Waals surface area contributed by atoms with Gasteiger partial charge in [0.05, 0.1) is 6.04 Å². The number of barbiturate groups is 1. The lowest BCUT2D eigenvalue weighted by Crippen LogP contribution is -2.67. The van der Waals surface area contributed by atoms with E-state index in [1.807, 2.05) is 46.7 Å².